The van der Waals surface area contributed by atoms with Gasteiger partial charge in [-0.3, -0.25) is 4.79 Å². The zero-order valence-electron chi connectivity index (χ0n) is 19.2. The zero-order chi connectivity index (χ0) is 23.3. The number of benzene rings is 3. The van der Waals surface area contributed by atoms with Crippen LogP contribution in [0.25, 0.3) is 5.57 Å². The van der Waals surface area contributed by atoms with Gasteiger partial charge in [0, 0.05) is 24.2 Å². The smallest absolute Gasteiger partial charge is 0.254 e. The van der Waals surface area contributed by atoms with E-state index in [0.717, 1.165) is 41.7 Å². The van der Waals surface area contributed by atoms with Crippen LogP contribution in [0.2, 0.25) is 0 Å². The summed E-state index contributed by atoms with van der Waals surface area (Å²) < 4.78 is 13.9. The third kappa shape index (κ3) is 4.94. The molecule has 3 aromatic carbocycles. The van der Waals surface area contributed by atoms with Crippen molar-refractivity contribution >= 4 is 11.5 Å². The molecule has 0 fully saturated rings. The van der Waals surface area contributed by atoms with Crippen molar-refractivity contribution in [1.82, 2.24) is 4.90 Å². The Bertz CT molecular complexity index is 1270. The molecule has 0 bridgehead atoms. The summed E-state index contributed by atoms with van der Waals surface area (Å²) in [5.74, 6) is -0.153. The number of amides is 1. The molecule has 34 heavy (non-hydrogen) atoms. The fraction of sp³-hybridized carbons (Fsp3) is 0.194. The monoisotopic (exact) mass is 449 g/mol. The highest BCUT2D eigenvalue weighted by atomic mass is 19.1. The van der Waals surface area contributed by atoms with Crippen LogP contribution in [0.3, 0.4) is 0 Å². The average Bonchev–Trinajstić information content (AvgIpc) is 3.19. The van der Waals surface area contributed by atoms with Crippen molar-refractivity contribution in [2.24, 2.45) is 0 Å². The molecule has 2 nitrogen and oxygen atoms in total. The van der Waals surface area contributed by atoms with Gasteiger partial charge in [0.15, 0.2) is 0 Å². The van der Waals surface area contributed by atoms with Gasteiger partial charge in [-0.05, 0) is 71.7 Å². The Hall–Kier alpha value is -3.72. The lowest BCUT2D eigenvalue weighted by molar-refractivity contribution is -0.123. The van der Waals surface area contributed by atoms with Crippen molar-refractivity contribution in [2.75, 3.05) is 6.54 Å². The van der Waals surface area contributed by atoms with Crippen LogP contribution in [-0.4, -0.2) is 17.4 Å². The molecule has 0 N–H and O–H groups in total. The maximum absolute atomic E-state index is 13.9. The van der Waals surface area contributed by atoms with Crippen molar-refractivity contribution in [3.8, 4) is 0 Å². The maximum atomic E-state index is 13.9. The number of halogens is 1. The number of nitrogens with zero attached hydrogens (tertiary/aromatic N) is 1. The van der Waals surface area contributed by atoms with E-state index in [2.05, 4.69) is 48.6 Å². The summed E-state index contributed by atoms with van der Waals surface area (Å²) in [6.07, 6.45) is 8.35. The van der Waals surface area contributed by atoms with Gasteiger partial charge in [-0.25, -0.2) is 4.39 Å². The molecule has 5 rings (SSSR count). The second-order valence-corrected chi connectivity index (χ2v) is 8.99. The Morgan fingerprint density at radius 2 is 1.53 bits per heavy atom. The number of carbonyl (C=O) groups is 1. The fourth-order valence-electron chi connectivity index (χ4n) is 4.91. The third-order valence-corrected chi connectivity index (χ3v) is 6.62. The third-order valence-electron chi connectivity index (χ3n) is 6.62. The van der Waals surface area contributed by atoms with Gasteiger partial charge < -0.3 is 4.90 Å². The topological polar surface area (TPSA) is 20.3 Å². The quantitative estimate of drug-likeness (QED) is 0.415. The Morgan fingerprint density at radius 3 is 2.29 bits per heavy atom. The molecule has 3 aromatic rings. The highest BCUT2D eigenvalue weighted by Gasteiger charge is 2.30. The molecule has 3 heteroatoms. The minimum atomic E-state index is -0.223. The van der Waals surface area contributed by atoms with Gasteiger partial charge in [0.1, 0.15) is 5.82 Å². The minimum Gasteiger partial charge on any atom is -0.305 e. The molecule has 2 aliphatic heterocycles. The van der Waals surface area contributed by atoms with Crippen molar-refractivity contribution in [3.63, 3.8) is 0 Å². The summed E-state index contributed by atoms with van der Waals surface area (Å²) >= 11 is 0. The van der Waals surface area contributed by atoms with Crippen LogP contribution >= 0.6 is 0 Å². The van der Waals surface area contributed by atoms with Crippen LogP contribution < -0.4 is 0 Å². The maximum Gasteiger partial charge on any atom is 0.254 e. The first-order valence-electron chi connectivity index (χ1n) is 11.9. The second-order valence-electron chi connectivity index (χ2n) is 8.99. The zero-order valence-corrected chi connectivity index (χ0v) is 19.2. The van der Waals surface area contributed by atoms with Gasteiger partial charge in [0.25, 0.3) is 5.91 Å². The number of hydrogen-bond donors (Lipinski definition) is 0. The number of carbonyl (C=O) groups excluding carboxylic acids is 1. The van der Waals surface area contributed by atoms with Gasteiger partial charge >= 0.3 is 0 Å². The number of hydrogen-bond acceptors (Lipinski definition) is 1. The van der Waals surface area contributed by atoms with E-state index in [9.17, 15) is 9.18 Å². The van der Waals surface area contributed by atoms with Crippen LogP contribution in [0, 0.1) is 5.82 Å². The normalized spacial score (nSPS) is 20.0. The fourth-order valence-corrected chi connectivity index (χ4v) is 4.91. The molecule has 0 unspecified atom stereocenters. The molecular weight excluding hydrogens is 421 g/mol. The van der Waals surface area contributed by atoms with Crippen LogP contribution in [0.1, 0.15) is 36.0 Å². The summed E-state index contributed by atoms with van der Waals surface area (Å²) in [7, 11) is 0. The first-order valence-corrected chi connectivity index (χ1v) is 11.9. The molecule has 0 atom stereocenters. The average molecular weight is 450 g/mol. The van der Waals surface area contributed by atoms with E-state index in [1.807, 2.05) is 35.2 Å². The summed E-state index contributed by atoms with van der Waals surface area (Å²) in [6, 6.07) is 27.3. The first-order chi connectivity index (χ1) is 16.7. The molecule has 0 saturated carbocycles. The lowest BCUT2D eigenvalue weighted by atomic mass is 9.95. The van der Waals surface area contributed by atoms with Crippen molar-refractivity contribution in [2.45, 2.75) is 32.1 Å². The van der Waals surface area contributed by atoms with Crippen LogP contribution in [0.4, 0.5) is 4.39 Å². The molecule has 0 saturated heterocycles. The van der Waals surface area contributed by atoms with E-state index < -0.39 is 0 Å². The molecular formula is C31H28FNO. The predicted molar refractivity (Wildman–Crippen MR) is 135 cm³/mol. The molecule has 0 spiro atoms. The lowest BCUT2D eigenvalue weighted by Gasteiger charge is -2.20. The summed E-state index contributed by atoms with van der Waals surface area (Å²) in [5, 5.41) is 0. The molecule has 2 heterocycles. The summed E-state index contributed by atoms with van der Waals surface area (Å²) in [6.45, 7) is 0.542. The van der Waals surface area contributed by atoms with Crippen LogP contribution in [0.5, 0.6) is 0 Å². The van der Waals surface area contributed by atoms with Crippen molar-refractivity contribution < 1.29 is 9.18 Å². The molecule has 2 aliphatic rings. The Labute approximate surface area is 200 Å². The molecule has 0 radical (unpaired) electrons. The number of rotatable bonds is 5. The van der Waals surface area contributed by atoms with E-state index >= 15 is 0 Å². The molecule has 0 aliphatic carbocycles. The van der Waals surface area contributed by atoms with Crippen LogP contribution in [0.15, 0.2) is 114 Å². The summed E-state index contributed by atoms with van der Waals surface area (Å²) in [4.78, 5) is 15.5. The van der Waals surface area contributed by atoms with E-state index in [-0.39, 0.29) is 11.7 Å². The Balaban J connectivity index is 1.51. The highest BCUT2D eigenvalue weighted by molar-refractivity contribution is 5.99. The van der Waals surface area contributed by atoms with Gasteiger partial charge in [0.05, 0.1) is 0 Å². The van der Waals surface area contributed by atoms with Gasteiger partial charge in [0.2, 0.25) is 0 Å². The lowest BCUT2D eigenvalue weighted by Crippen LogP contribution is -2.27. The number of allylic oxidation sites excluding steroid dienone is 3. The number of fused-ring (bicyclic) bond motifs is 1. The first kappa shape index (κ1) is 22.1. The predicted octanol–water partition coefficient (Wildman–Crippen LogP) is 6.90. The highest BCUT2D eigenvalue weighted by Crippen LogP contribution is 2.33. The SMILES string of the molecule is O=C1C(Cc2ccccc2)=C/C2=C(\Cc3cccc(F)c3)CCC/C(c3ccccc3)=C\CN12. The Morgan fingerprint density at radius 1 is 0.794 bits per heavy atom. The van der Waals surface area contributed by atoms with E-state index in [1.165, 1.54) is 22.8 Å². The molecule has 1 amide bonds. The van der Waals surface area contributed by atoms with Gasteiger partial charge in [-0.1, -0.05) is 78.9 Å². The molecule has 0 aromatic heterocycles. The molecule has 170 valence electrons. The van der Waals surface area contributed by atoms with Crippen molar-refractivity contribution in [1.29, 1.82) is 0 Å². The van der Waals surface area contributed by atoms with E-state index in [4.69, 9.17) is 0 Å². The Kier molecular flexibility index (Phi) is 6.53. The van der Waals surface area contributed by atoms with E-state index in [1.54, 1.807) is 12.1 Å². The van der Waals surface area contributed by atoms with Crippen LogP contribution in [-0.2, 0) is 17.6 Å². The second kappa shape index (κ2) is 10.0. The van der Waals surface area contributed by atoms with Gasteiger partial charge in [-0.15, -0.1) is 0 Å². The van der Waals surface area contributed by atoms with E-state index in [0.29, 0.717) is 19.4 Å². The minimum absolute atomic E-state index is 0.0705. The van der Waals surface area contributed by atoms with Crippen molar-refractivity contribution in [3.05, 3.63) is 136 Å². The largest absolute Gasteiger partial charge is 0.305 e. The summed E-state index contributed by atoms with van der Waals surface area (Å²) in [5.41, 5.74) is 7.56. The van der Waals surface area contributed by atoms with Gasteiger partial charge in [-0.2, -0.15) is 0 Å². The standard InChI is InChI=1S/C31H28FNO/c32-29-16-7-11-24(21-29)20-27-15-8-14-26(25-12-5-2-6-13-25)17-18-33-30(27)22-28(31(33)34)19-23-9-3-1-4-10-23/h1-7,9-13,16-17,21-22H,8,14-15,18-20H2/b26-17+,30-27+.